The van der Waals surface area contributed by atoms with Crippen LogP contribution in [-0.2, 0) is 27.2 Å². The number of hydrogen-bond donors (Lipinski definition) is 4. The number of aryl methyl sites for hydroxylation is 2. The number of amides is 2. The number of aliphatic carboxylic acids is 1. The van der Waals surface area contributed by atoms with Gasteiger partial charge in [0.2, 0.25) is 0 Å². The third kappa shape index (κ3) is 8.86. The van der Waals surface area contributed by atoms with Crippen LogP contribution in [-0.4, -0.2) is 99.5 Å². The molecule has 1 aliphatic carbocycles. The molecule has 0 unspecified atom stereocenters. The van der Waals surface area contributed by atoms with E-state index in [0.717, 1.165) is 41.5 Å². The van der Waals surface area contributed by atoms with Crippen LogP contribution in [0.25, 0.3) is 5.57 Å². The SMILES string of the molecule is Cc1ccc(CCN(C(=O)C2=C(c3ccc(CCCOc4cc(F)ccc4Br)cc3)C[C@@H]3CN(C(=O)[C@@H](O)[C@@H](O)C(=O)O)C[C@H]2N3)C2CC2)cc1. The predicted octanol–water partition coefficient (Wildman–Crippen LogP) is 4.27. The van der Waals surface area contributed by atoms with E-state index in [2.05, 4.69) is 45.5 Å². The van der Waals surface area contributed by atoms with Crippen molar-refractivity contribution >= 4 is 39.3 Å². The van der Waals surface area contributed by atoms with E-state index < -0.39 is 30.1 Å². The van der Waals surface area contributed by atoms with Crippen LogP contribution < -0.4 is 10.1 Å². The van der Waals surface area contributed by atoms with Crippen molar-refractivity contribution in [2.24, 2.45) is 0 Å². The maximum atomic E-state index is 14.7. The van der Waals surface area contributed by atoms with E-state index in [1.807, 2.05) is 36.1 Å². The molecule has 51 heavy (non-hydrogen) atoms. The number of carbonyl (C=O) groups excluding carboxylic acids is 2. The summed E-state index contributed by atoms with van der Waals surface area (Å²) in [6, 6.07) is 20.0. The van der Waals surface area contributed by atoms with Gasteiger partial charge in [0.15, 0.2) is 12.2 Å². The quantitative estimate of drug-likeness (QED) is 0.179. The number of halogens is 2. The van der Waals surface area contributed by atoms with Gasteiger partial charge in [-0.15, -0.1) is 0 Å². The zero-order chi connectivity index (χ0) is 36.2. The van der Waals surface area contributed by atoms with Gasteiger partial charge in [0.05, 0.1) is 17.1 Å². The van der Waals surface area contributed by atoms with Crippen LogP contribution in [0.4, 0.5) is 4.39 Å². The van der Waals surface area contributed by atoms with Gasteiger partial charge in [-0.05, 0) is 95.8 Å². The maximum absolute atomic E-state index is 14.7. The van der Waals surface area contributed by atoms with Crippen LogP contribution in [0.3, 0.4) is 0 Å². The van der Waals surface area contributed by atoms with Crippen LogP contribution in [0.2, 0.25) is 0 Å². The number of carboxylic acid groups (broad SMARTS) is 1. The first-order chi connectivity index (χ1) is 24.5. The van der Waals surface area contributed by atoms with Gasteiger partial charge in [0.1, 0.15) is 11.6 Å². The van der Waals surface area contributed by atoms with E-state index in [1.54, 1.807) is 6.07 Å². The monoisotopic (exact) mass is 763 g/mol. The third-order valence-corrected chi connectivity index (χ3v) is 10.5. The fourth-order valence-electron chi connectivity index (χ4n) is 6.92. The Morgan fingerprint density at radius 2 is 1.67 bits per heavy atom. The van der Waals surface area contributed by atoms with Crippen molar-refractivity contribution in [1.29, 1.82) is 0 Å². The topological polar surface area (TPSA) is 140 Å². The molecule has 270 valence electrons. The lowest BCUT2D eigenvalue weighted by Gasteiger charge is -2.45. The van der Waals surface area contributed by atoms with Crippen LogP contribution >= 0.6 is 15.9 Å². The predicted molar refractivity (Wildman–Crippen MR) is 192 cm³/mol. The van der Waals surface area contributed by atoms with Gasteiger partial charge in [0, 0.05) is 43.4 Å². The van der Waals surface area contributed by atoms with Crippen LogP contribution in [0, 0.1) is 12.7 Å². The minimum Gasteiger partial charge on any atom is -0.492 e. The van der Waals surface area contributed by atoms with Gasteiger partial charge in [-0.1, -0.05) is 54.1 Å². The molecule has 6 rings (SSSR count). The normalized spacial score (nSPS) is 19.7. The highest BCUT2D eigenvalue weighted by molar-refractivity contribution is 9.10. The highest BCUT2D eigenvalue weighted by atomic mass is 79.9. The number of rotatable bonds is 14. The highest BCUT2D eigenvalue weighted by Gasteiger charge is 2.45. The molecule has 2 heterocycles. The second-order valence-electron chi connectivity index (χ2n) is 13.7. The molecule has 0 radical (unpaired) electrons. The summed E-state index contributed by atoms with van der Waals surface area (Å²) < 4.78 is 20.1. The lowest BCUT2D eigenvalue weighted by atomic mass is 9.82. The highest BCUT2D eigenvalue weighted by Crippen LogP contribution is 2.37. The summed E-state index contributed by atoms with van der Waals surface area (Å²) in [7, 11) is 0. The van der Waals surface area contributed by atoms with Crippen LogP contribution in [0.1, 0.15) is 47.9 Å². The van der Waals surface area contributed by atoms with Crippen molar-refractivity contribution in [1.82, 2.24) is 15.1 Å². The first kappa shape index (κ1) is 36.7. The molecule has 2 amide bonds. The molecule has 12 heteroatoms. The summed E-state index contributed by atoms with van der Waals surface area (Å²) in [6.45, 7) is 3.22. The number of nitrogens with one attached hydrogen (secondary N) is 1. The van der Waals surface area contributed by atoms with Crippen molar-refractivity contribution in [3.63, 3.8) is 0 Å². The number of aliphatic hydroxyl groups is 2. The Morgan fingerprint density at radius 3 is 2.35 bits per heavy atom. The number of hydrogen-bond acceptors (Lipinski definition) is 7. The standard InChI is InChI=1S/C39H43BrFN3O7/c1-23-4-6-25(7-5-23)16-17-44(29-13-14-29)37(47)34-30(20-28-21-43(22-32(34)42-28)38(48)35(45)36(46)39(49)50)26-10-8-24(9-11-26)3-2-18-51-33-19-27(41)12-15-31(33)40/h4-12,15,19,28-29,32,35-36,42,45-46H,2-3,13-14,16-18,20-22H2,1H3,(H,49,50)/t28-,32-,35+,36-/m1/s1. The number of carbonyl (C=O) groups is 3. The molecule has 3 aromatic carbocycles. The average Bonchev–Trinajstić information content (AvgIpc) is 3.96. The molecule has 0 aromatic heterocycles. The molecule has 3 aliphatic rings. The maximum Gasteiger partial charge on any atom is 0.335 e. The van der Waals surface area contributed by atoms with Gasteiger partial charge in [-0.3, -0.25) is 9.59 Å². The Bertz CT molecular complexity index is 1780. The number of carboxylic acids is 1. The molecule has 0 spiro atoms. The minimum atomic E-state index is -2.25. The molecule has 3 aromatic rings. The number of aliphatic hydroxyl groups excluding tert-OH is 2. The van der Waals surface area contributed by atoms with Crippen molar-refractivity contribution < 1.29 is 38.8 Å². The molecule has 2 aliphatic heterocycles. The molecule has 4 atom stereocenters. The zero-order valence-corrected chi connectivity index (χ0v) is 30.0. The lowest BCUT2D eigenvalue weighted by molar-refractivity contribution is -0.163. The first-order valence-corrected chi connectivity index (χ1v) is 18.2. The smallest absolute Gasteiger partial charge is 0.335 e. The number of ether oxygens (including phenoxy) is 1. The fourth-order valence-corrected chi connectivity index (χ4v) is 7.28. The molecule has 10 nitrogen and oxygen atoms in total. The van der Waals surface area contributed by atoms with Gasteiger partial charge < -0.3 is 35.2 Å². The summed E-state index contributed by atoms with van der Waals surface area (Å²) >= 11 is 3.39. The third-order valence-electron chi connectivity index (χ3n) is 9.83. The number of fused-ring (bicyclic) bond motifs is 2. The van der Waals surface area contributed by atoms with Gasteiger partial charge >= 0.3 is 5.97 Å². The van der Waals surface area contributed by atoms with Crippen LogP contribution in [0.15, 0.2) is 76.8 Å². The summed E-state index contributed by atoms with van der Waals surface area (Å²) in [5.74, 6) is -2.57. The van der Waals surface area contributed by atoms with Crippen molar-refractivity contribution in [2.45, 2.75) is 75.8 Å². The molecule has 1 saturated heterocycles. The van der Waals surface area contributed by atoms with Gasteiger partial charge in [-0.25, -0.2) is 9.18 Å². The van der Waals surface area contributed by atoms with Crippen LogP contribution in [0.5, 0.6) is 5.75 Å². The fraction of sp³-hybridized carbons (Fsp3) is 0.410. The van der Waals surface area contributed by atoms with Crippen molar-refractivity contribution in [2.75, 3.05) is 26.2 Å². The second-order valence-corrected chi connectivity index (χ2v) is 14.5. The van der Waals surface area contributed by atoms with E-state index >= 15 is 0 Å². The van der Waals surface area contributed by atoms with E-state index in [-0.39, 0.29) is 36.9 Å². The van der Waals surface area contributed by atoms with E-state index in [1.165, 1.54) is 22.6 Å². The Balaban J connectivity index is 1.23. The van der Waals surface area contributed by atoms with E-state index in [9.17, 15) is 34.1 Å². The minimum absolute atomic E-state index is 0.0410. The summed E-state index contributed by atoms with van der Waals surface area (Å²) in [4.78, 5) is 42.5. The van der Waals surface area contributed by atoms with Gasteiger partial charge in [-0.2, -0.15) is 0 Å². The molecule has 1 saturated carbocycles. The second kappa shape index (κ2) is 16.1. The van der Waals surface area contributed by atoms with Crippen molar-refractivity contribution in [3.05, 3.63) is 105 Å². The molecule has 2 bridgehead atoms. The number of benzene rings is 3. The number of piperazine rings is 1. The summed E-state index contributed by atoms with van der Waals surface area (Å²) in [5.41, 5.74) is 5.77. The average molecular weight is 765 g/mol. The largest absolute Gasteiger partial charge is 0.492 e. The number of nitrogens with zero attached hydrogens (tertiary/aromatic N) is 2. The lowest BCUT2D eigenvalue weighted by Crippen LogP contribution is -2.64. The van der Waals surface area contributed by atoms with Crippen molar-refractivity contribution in [3.8, 4) is 5.75 Å². The Labute approximate surface area is 305 Å². The molecule has 4 N–H and O–H groups in total. The van der Waals surface area contributed by atoms with Gasteiger partial charge in [0.25, 0.3) is 11.8 Å². The zero-order valence-electron chi connectivity index (χ0n) is 28.4. The van der Waals surface area contributed by atoms with E-state index in [0.29, 0.717) is 48.2 Å². The summed E-state index contributed by atoms with van der Waals surface area (Å²) in [6.07, 6.45) is 0.0561. The Hall–Kier alpha value is -4.10. The Kier molecular flexibility index (Phi) is 11.6. The van der Waals surface area contributed by atoms with E-state index in [4.69, 9.17) is 4.74 Å². The first-order valence-electron chi connectivity index (χ1n) is 17.4. The summed E-state index contributed by atoms with van der Waals surface area (Å²) in [5, 5.41) is 33.0. The molecule has 2 fully saturated rings. The molecular weight excluding hydrogens is 721 g/mol. The molecular formula is C39H43BrFN3O7. The Morgan fingerprint density at radius 1 is 0.980 bits per heavy atom.